The van der Waals surface area contributed by atoms with Gasteiger partial charge in [-0.15, -0.1) is 11.3 Å². The van der Waals surface area contributed by atoms with E-state index in [9.17, 15) is 32.0 Å². The number of rotatable bonds is 9. The molecule has 1 saturated heterocycles. The quantitative estimate of drug-likeness (QED) is 0.157. The molecule has 0 bridgehead atoms. The predicted octanol–water partition coefficient (Wildman–Crippen LogP) is 6.56. The topological polar surface area (TPSA) is 167 Å². The molecule has 0 spiro atoms. The van der Waals surface area contributed by atoms with Crippen molar-refractivity contribution in [1.82, 2.24) is 34.1 Å². The van der Waals surface area contributed by atoms with Crippen LogP contribution in [-0.4, -0.2) is 81.4 Å². The molecule has 6 heterocycles. The fourth-order valence-corrected chi connectivity index (χ4v) is 10.1. The monoisotopic (exact) mass is 867 g/mol. The van der Waals surface area contributed by atoms with E-state index in [0.717, 1.165) is 0 Å². The van der Waals surface area contributed by atoms with Crippen LogP contribution in [0.5, 0.6) is 0 Å². The van der Waals surface area contributed by atoms with Crippen LogP contribution in [0.2, 0.25) is 5.02 Å². The van der Waals surface area contributed by atoms with Crippen molar-refractivity contribution in [3.8, 4) is 29.0 Å². The van der Waals surface area contributed by atoms with Gasteiger partial charge in [0.25, 0.3) is 27.4 Å². The summed E-state index contributed by atoms with van der Waals surface area (Å²) in [6, 6.07) is 11.6. The lowest BCUT2D eigenvalue weighted by atomic mass is 9.85. The maximum atomic E-state index is 14.2. The Labute approximate surface area is 352 Å². The minimum atomic E-state index is -4.17. The van der Waals surface area contributed by atoms with Crippen LogP contribution in [-0.2, 0) is 16.6 Å². The Balaban J connectivity index is 1.07. The van der Waals surface area contributed by atoms with E-state index in [0.29, 0.717) is 81.6 Å². The molecule has 6 aromatic rings. The molecule has 1 aromatic carbocycles. The van der Waals surface area contributed by atoms with Gasteiger partial charge in [0.1, 0.15) is 23.3 Å². The number of carbonyl (C=O) groups excluding carboxylic acids is 1. The van der Waals surface area contributed by atoms with Gasteiger partial charge < -0.3 is 4.90 Å². The largest absolute Gasteiger partial charge is 0.353 e. The standard InChI is InChI=1S/C42H36ClF2N9O4S2/c1-3-53(28-11-17-52(18-12-28)29-20-42(44,45)21-29)39-33(22-46)36-35(23-49-39)50-25(2)54(41(36)56)16-4-5-26-6-7-27(43)19-32(26)31-10-15-48-37-34(24-59-38(31)37)40(55)51-60(57,58)30-8-13-47-14-9-30/h6-10,13-15,19,23-24,28-29H,3,11-12,16-18,20-21H2,1-2H3,(H,51,55). The second kappa shape index (κ2) is 16.3. The second-order valence-electron chi connectivity index (χ2n) is 14.6. The fraction of sp³-hybridized carbons (Fsp3) is 0.310. The van der Waals surface area contributed by atoms with Crippen molar-refractivity contribution in [3.63, 3.8) is 0 Å². The van der Waals surface area contributed by atoms with Gasteiger partial charge in [-0.1, -0.05) is 23.4 Å². The number of carbonyl (C=O) groups is 1. The molecule has 0 atom stereocenters. The zero-order valence-electron chi connectivity index (χ0n) is 32.3. The van der Waals surface area contributed by atoms with E-state index >= 15 is 0 Å². The number of anilines is 1. The number of nitrogens with one attached hydrogen (secondary N) is 1. The second-order valence-corrected chi connectivity index (χ2v) is 17.6. The third-order valence-corrected chi connectivity index (χ3v) is 13.6. The van der Waals surface area contributed by atoms with E-state index in [2.05, 4.69) is 47.5 Å². The number of benzene rings is 1. The number of pyridine rings is 3. The first-order valence-electron chi connectivity index (χ1n) is 19.1. The molecular weight excluding hydrogens is 832 g/mol. The van der Waals surface area contributed by atoms with E-state index in [-0.39, 0.29) is 52.9 Å². The Morgan fingerprint density at radius 2 is 1.85 bits per heavy atom. The molecule has 0 unspecified atom stereocenters. The number of thiophene rings is 1. The van der Waals surface area contributed by atoms with E-state index in [1.165, 1.54) is 58.2 Å². The summed E-state index contributed by atoms with van der Waals surface area (Å²) in [7, 11) is -4.17. The Morgan fingerprint density at radius 1 is 1.10 bits per heavy atom. The zero-order chi connectivity index (χ0) is 42.3. The molecule has 306 valence electrons. The lowest BCUT2D eigenvalue weighted by molar-refractivity contribution is -0.127. The molecule has 1 amide bonds. The van der Waals surface area contributed by atoms with Gasteiger partial charge in [-0.25, -0.2) is 31.9 Å². The number of likely N-dealkylation sites (tertiary alicyclic amines) is 1. The molecule has 2 fully saturated rings. The van der Waals surface area contributed by atoms with Crippen LogP contribution in [0.15, 0.2) is 76.3 Å². The highest BCUT2D eigenvalue weighted by Gasteiger charge is 2.48. The third-order valence-electron chi connectivity index (χ3n) is 11.0. The maximum Gasteiger partial charge on any atom is 0.268 e. The van der Waals surface area contributed by atoms with Gasteiger partial charge in [-0.3, -0.25) is 29.0 Å². The molecule has 1 N–H and O–H groups in total. The number of sulfonamides is 1. The van der Waals surface area contributed by atoms with Crippen LogP contribution in [0, 0.1) is 30.1 Å². The normalized spacial score (nSPS) is 15.9. The number of aromatic nitrogens is 5. The molecule has 0 radical (unpaired) electrons. The predicted molar refractivity (Wildman–Crippen MR) is 225 cm³/mol. The lowest BCUT2D eigenvalue weighted by Gasteiger charge is -2.47. The molecule has 1 aliphatic carbocycles. The molecule has 2 aliphatic rings. The highest BCUT2D eigenvalue weighted by atomic mass is 35.5. The van der Waals surface area contributed by atoms with Gasteiger partial charge in [0, 0.05) is 90.2 Å². The SMILES string of the molecule is CCN(c1ncc2nc(C)n(CC#Cc3ccc(Cl)cc3-c3ccnc4c(C(=O)NS(=O)(=O)c5ccncc5)csc34)c(=O)c2c1C#N)C1CCN(C2CC(F)(F)C2)CC1. The Morgan fingerprint density at radius 3 is 2.55 bits per heavy atom. The van der Waals surface area contributed by atoms with Gasteiger partial charge in [-0.05, 0) is 63.1 Å². The number of fused-ring (bicyclic) bond motifs is 2. The Hall–Kier alpha value is -5.85. The third kappa shape index (κ3) is 7.81. The molecule has 18 heteroatoms. The van der Waals surface area contributed by atoms with Gasteiger partial charge in [0.2, 0.25) is 0 Å². The van der Waals surface area contributed by atoms with Crippen LogP contribution in [0.1, 0.15) is 59.9 Å². The maximum absolute atomic E-state index is 14.2. The lowest BCUT2D eigenvalue weighted by Crippen LogP contribution is -2.55. The first-order valence-corrected chi connectivity index (χ1v) is 21.8. The summed E-state index contributed by atoms with van der Waals surface area (Å²) in [5.74, 6) is 3.60. The van der Waals surface area contributed by atoms with Gasteiger partial charge >= 0.3 is 0 Å². The fourth-order valence-electron chi connectivity index (χ4n) is 7.97. The molecule has 8 rings (SSSR count). The number of hydrogen-bond acceptors (Lipinski definition) is 12. The van der Waals surface area contributed by atoms with Crippen LogP contribution < -0.4 is 15.2 Å². The average Bonchev–Trinajstić information content (AvgIpc) is 3.67. The number of halogens is 3. The van der Waals surface area contributed by atoms with Crippen LogP contribution >= 0.6 is 22.9 Å². The summed E-state index contributed by atoms with van der Waals surface area (Å²) < 4.78 is 57.0. The van der Waals surface area contributed by atoms with Crippen molar-refractivity contribution >= 4 is 65.8 Å². The van der Waals surface area contributed by atoms with Crippen LogP contribution in [0.3, 0.4) is 0 Å². The Kier molecular flexibility index (Phi) is 11.1. The summed E-state index contributed by atoms with van der Waals surface area (Å²) in [5, 5.41) is 12.6. The van der Waals surface area contributed by atoms with E-state index in [4.69, 9.17) is 11.6 Å². The molecular formula is C42H36ClF2N9O4S2. The van der Waals surface area contributed by atoms with Crippen molar-refractivity contribution < 1.29 is 22.0 Å². The van der Waals surface area contributed by atoms with Crippen molar-refractivity contribution in [2.45, 2.75) is 69.0 Å². The molecule has 60 heavy (non-hydrogen) atoms. The highest BCUT2D eigenvalue weighted by Crippen LogP contribution is 2.42. The Bertz CT molecular complexity index is 2950. The van der Waals surface area contributed by atoms with E-state index in [1.807, 2.05) is 11.8 Å². The smallest absolute Gasteiger partial charge is 0.268 e. The summed E-state index contributed by atoms with van der Waals surface area (Å²) in [6.45, 7) is 5.43. The number of nitriles is 1. The van der Waals surface area contributed by atoms with Crippen molar-refractivity contribution in [2.24, 2.45) is 0 Å². The number of alkyl halides is 2. The van der Waals surface area contributed by atoms with Crippen molar-refractivity contribution in [1.29, 1.82) is 5.26 Å². The van der Waals surface area contributed by atoms with E-state index in [1.54, 1.807) is 31.2 Å². The number of amides is 1. The summed E-state index contributed by atoms with van der Waals surface area (Å²) in [4.78, 5) is 49.0. The van der Waals surface area contributed by atoms with E-state index < -0.39 is 27.4 Å². The number of hydrogen-bond donors (Lipinski definition) is 1. The van der Waals surface area contributed by atoms with Crippen LogP contribution in [0.25, 0.3) is 32.2 Å². The first-order chi connectivity index (χ1) is 28.8. The number of nitrogens with zero attached hydrogens (tertiary/aromatic N) is 8. The molecule has 5 aromatic heterocycles. The van der Waals surface area contributed by atoms with Crippen molar-refractivity contribution in [3.05, 3.63) is 104 Å². The van der Waals surface area contributed by atoms with Crippen LogP contribution in [0.4, 0.5) is 14.6 Å². The molecule has 1 saturated carbocycles. The minimum Gasteiger partial charge on any atom is -0.353 e. The number of piperidine rings is 1. The zero-order valence-corrected chi connectivity index (χ0v) is 34.7. The van der Waals surface area contributed by atoms with Crippen molar-refractivity contribution in [2.75, 3.05) is 24.5 Å². The van der Waals surface area contributed by atoms with Gasteiger partial charge in [0.15, 0.2) is 0 Å². The average molecular weight is 868 g/mol. The summed E-state index contributed by atoms with van der Waals surface area (Å²) in [5.41, 5.74) is 2.18. The van der Waals surface area contributed by atoms with Gasteiger partial charge in [-0.2, -0.15) is 5.26 Å². The highest BCUT2D eigenvalue weighted by molar-refractivity contribution is 7.90. The van der Waals surface area contributed by atoms with Gasteiger partial charge in [0.05, 0.1) is 44.3 Å². The first kappa shape index (κ1) is 40.9. The summed E-state index contributed by atoms with van der Waals surface area (Å²) in [6.07, 6.45) is 6.86. The molecule has 13 nitrogen and oxygen atoms in total. The number of aryl methyl sites for hydroxylation is 1. The molecule has 1 aliphatic heterocycles. The summed E-state index contributed by atoms with van der Waals surface area (Å²) >= 11 is 7.69. The minimum absolute atomic E-state index is 0.0113.